The number of piperazine rings is 1. The molecule has 6 heteroatoms. The summed E-state index contributed by atoms with van der Waals surface area (Å²) >= 11 is 0. The van der Waals surface area contributed by atoms with Gasteiger partial charge in [-0.05, 0) is 60.9 Å². The highest BCUT2D eigenvalue weighted by Crippen LogP contribution is 2.28. The van der Waals surface area contributed by atoms with Crippen LogP contribution in [0.5, 0.6) is 0 Å². The zero-order chi connectivity index (χ0) is 20.6. The van der Waals surface area contributed by atoms with Gasteiger partial charge in [0.05, 0.1) is 18.2 Å². The minimum absolute atomic E-state index is 0.309. The van der Waals surface area contributed by atoms with Gasteiger partial charge in [0, 0.05) is 37.6 Å². The first-order chi connectivity index (χ1) is 14.1. The molecule has 0 aromatic heterocycles. The number of carbonyl (C=O) groups excluding carboxylic acids is 1. The topological polar surface area (TPSA) is 77.4 Å². The van der Waals surface area contributed by atoms with Crippen molar-refractivity contribution in [1.82, 2.24) is 5.32 Å². The monoisotopic (exact) mass is 392 g/mol. The van der Waals surface area contributed by atoms with Crippen molar-refractivity contribution < 1.29 is 9.53 Å². The van der Waals surface area contributed by atoms with Gasteiger partial charge in [-0.2, -0.15) is 5.26 Å². The molecule has 0 spiro atoms. The van der Waals surface area contributed by atoms with Crippen molar-refractivity contribution in [2.45, 2.75) is 26.3 Å². The lowest BCUT2D eigenvalue weighted by molar-refractivity contribution is -0.144. The molecular formula is C23H28N4O2. The van der Waals surface area contributed by atoms with E-state index in [1.807, 2.05) is 19.1 Å². The van der Waals surface area contributed by atoms with Gasteiger partial charge in [-0.3, -0.25) is 0 Å². The number of hydrogen-bond acceptors (Lipinski definition) is 6. The third kappa shape index (κ3) is 5.27. The predicted octanol–water partition coefficient (Wildman–Crippen LogP) is 3.25. The smallest absolute Gasteiger partial charge is 0.333 e. The van der Waals surface area contributed by atoms with Crippen LogP contribution < -0.4 is 15.5 Å². The normalized spacial score (nSPS) is 14.7. The van der Waals surface area contributed by atoms with Crippen LogP contribution in [0.15, 0.2) is 42.5 Å². The molecule has 2 aromatic carbocycles. The number of ether oxygens (including phenoxy) is 1. The molecule has 2 aromatic rings. The maximum Gasteiger partial charge on any atom is 0.333 e. The Morgan fingerprint density at radius 1 is 1.21 bits per heavy atom. The van der Waals surface area contributed by atoms with Crippen molar-refractivity contribution in [1.29, 1.82) is 5.26 Å². The average Bonchev–Trinajstić information content (AvgIpc) is 2.78. The lowest BCUT2D eigenvalue weighted by atomic mass is 10.00. The zero-order valence-electron chi connectivity index (χ0n) is 17.1. The fourth-order valence-corrected chi connectivity index (χ4v) is 3.49. The Balaban J connectivity index is 1.94. The summed E-state index contributed by atoms with van der Waals surface area (Å²) in [6, 6.07) is 15.0. The van der Waals surface area contributed by atoms with Crippen molar-refractivity contribution >= 4 is 17.3 Å². The minimum atomic E-state index is -0.615. The van der Waals surface area contributed by atoms with Gasteiger partial charge in [-0.25, -0.2) is 4.79 Å². The number of carbonyl (C=O) groups is 1. The van der Waals surface area contributed by atoms with Crippen molar-refractivity contribution in [3.05, 3.63) is 59.2 Å². The summed E-state index contributed by atoms with van der Waals surface area (Å²) in [4.78, 5) is 15.1. The zero-order valence-corrected chi connectivity index (χ0v) is 17.1. The van der Waals surface area contributed by atoms with Gasteiger partial charge in [0.1, 0.15) is 0 Å². The highest BCUT2D eigenvalue weighted by atomic mass is 16.5. The maximum absolute atomic E-state index is 12.8. The van der Waals surface area contributed by atoms with Gasteiger partial charge in [0.2, 0.25) is 0 Å². The van der Waals surface area contributed by atoms with Crippen LogP contribution in [0.3, 0.4) is 0 Å². The van der Waals surface area contributed by atoms with Crippen molar-refractivity contribution in [3.63, 3.8) is 0 Å². The highest BCUT2D eigenvalue weighted by Gasteiger charge is 2.24. The first-order valence-corrected chi connectivity index (χ1v) is 10.2. The number of rotatable bonds is 7. The second kappa shape index (κ2) is 9.94. The van der Waals surface area contributed by atoms with Gasteiger partial charge in [0.15, 0.2) is 6.04 Å². The number of benzene rings is 2. The second-order valence-electron chi connectivity index (χ2n) is 7.04. The van der Waals surface area contributed by atoms with E-state index >= 15 is 0 Å². The number of nitrogens with zero attached hydrogens (tertiary/aromatic N) is 2. The SMILES string of the molecule is CCOC(=O)C(Nc1ccc(C#N)cc1)c1cc(CC)cc(N2CCNCC2)c1. The summed E-state index contributed by atoms with van der Waals surface area (Å²) in [5.74, 6) is -0.309. The molecule has 1 unspecified atom stereocenters. The quantitative estimate of drug-likeness (QED) is 0.705. The molecule has 1 saturated heterocycles. The Kier molecular flexibility index (Phi) is 7.09. The highest BCUT2D eigenvalue weighted by molar-refractivity contribution is 5.82. The van der Waals surface area contributed by atoms with E-state index in [9.17, 15) is 4.79 Å². The van der Waals surface area contributed by atoms with E-state index in [0.717, 1.165) is 49.5 Å². The molecule has 0 aliphatic carbocycles. The van der Waals surface area contributed by atoms with Crippen LogP contribution in [0.2, 0.25) is 0 Å². The first kappa shape index (κ1) is 20.7. The molecule has 0 bridgehead atoms. The summed E-state index contributed by atoms with van der Waals surface area (Å²) in [6.45, 7) is 8.05. The summed E-state index contributed by atoms with van der Waals surface area (Å²) in [5.41, 5.74) is 4.56. The molecular weight excluding hydrogens is 364 g/mol. The van der Waals surface area contributed by atoms with Crippen LogP contribution in [-0.4, -0.2) is 38.8 Å². The summed E-state index contributed by atoms with van der Waals surface area (Å²) in [5, 5.41) is 15.7. The molecule has 0 amide bonds. The van der Waals surface area contributed by atoms with E-state index in [0.29, 0.717) is 12.2 Å². The van der Waals surface area contributed by atoms with E-state index in [-0.39, 0.29) is 5.97 Å². The summed E-state index contributed by atoms with van der Waals surface area (Å²) in [7, 11) is 0. The largest absolute Gasteiger partial charge is 0.464 e. The van der Waals surface area contributed by atoms with Gasteiger partial charge in [0.25, 0.3) is 0 Å². The Hall–Kier alpha value is -3.04. The number of nitriles is 1. The van der Waals surface area contributed by atoms with Crippen LogP contribution in [0.25, 0.3) is 0 Å². The Morgan fingerprint density at radius 3 is 2.55 bits per heavy atom. The molecule has 3 rings (SSSR count). The van der Waals surface area contributed by atoms with Gasteiger partial charge in [-0.1, -0.05) is 13.0 Å². The van der Waals surface area contributed by atoms with Crippen LogP contribution >= 0.6 is 0 Å². The number of anilines is 2. The molecule has 0 saturated carbocycles. The molecule has 1 aliphatic rings. The molecule has 29 heavy (non-hydrogen) atoms. The number of nitrogens with one attached hydrogen (secondary N) is 2. The van der Waals surface area contributed by atoms with E-state index in [4.69, 9.17) is 10.00 Å². The van der Waals surface area contributed by atoms with E-state index in [2.05, 4.69) is 46.7 Å². The van der Waals surface area contributed by atoms with Crippen LogP contribution in [0, 0.1) is 11.3 Å². The fourth-order valence-electron chi connectivity index (χ4n) is 3.49. The molecule has 0 radical (unpaired) electrons. The van der Waals surface area contributed by atoms with Crippen molar-refractivity contribution in [3.8, 4) is 6.07 Å². The van der Waals surface area contributed by atoms with Crippen molar-refractivity contribution in [2.24, 2.45) is 0 Å². The Morgan fingerprint density at radius 2 is 1.93 bits per heavy atom. The molecule has 1 fully saturated rings. The van der Waals surface area contributed by atoms with E-state index in [1.165, 1.54) is 5.56 Å². The summed E-state index contributed by atoms with van der Waals surface area (Å²) in [6.07, 6.45) is 0.888. The van der Waals surface area contributed by atoms with E-state index in [1.54, 1.807) is 12.1 Å². The van der Waals surface area contributed by atoms with Crippen LogP contribution in [0.4, 0.5) is 11.4 Å². The standard InChI is InChI=1S/C23H28N4O2/c1-3-17-13-19(15-21(14-17)27-11-9-25-10-12-27)22(23(28)29-4-2)26-20-7-5-18(16-24)6-8-20/h5-8,13-15,22,25-26H,3-4,9-12H2,1-2H3. The molecule has 2 N–H and O–H groups in total. The third-order valence-electron chi connectivity index (χ3n) is 5.07. The molecule has 152 valence electrons. The predicted molar refractivity (Wildman–Crippen MR) is 115 cm³/mol. The molecule has 1 atom stereocenters. The average molecular weight is 393 g/mol. The molecule has 1 heterocycles. The van der Waals surface area contributed by atoms with E-state index < -0.39 is 6.04 Å². The van der Waals surface area contributed by atoms with Crippen LogP contribution in [-0.2, 0) is 16.0 Å². The summed E-state index contributed by atoms with van der Waals surface area (Å²) < 4.78 is 5.36. The lowest BCUT2D eigenvalue weighted by Crippen LogP contribution is -2.43. The second-order valence-corrected chi connectivity index (χ2v) is 7.04. The minimum Gasteiger partial charge on any atom is -0.464 e. The third-order valence-corrected chi connectivity index (χ3v) is 5.07. The van der Waals surface area contributed by atoms with Crippen LogP contribution in [0.1, 0.15) is 36.6 Å². The first-order valence-electron chi connectivity index (χ1n) is 10.2. The van der Waals surface area contributed by atoms with Gasteiger partial charge in [-0.15, -0.1) is 0 Å². The lowest BCUT2D eigenvalue weighted by Gasteiger charge is -2.31. The van der Waals surface area contributed by atoms with Crippen molar-refractivity contribution in [2.75, 3.05) is 43.0 Å². The number of esters is 1. The number of hydrogen-bond donors (Lipinski definition) is 2. The Labute approximate surface area is 172 Å². The van der Waals surface area contributed by atoms with Gasteiger partial charge < -0.3 is 20.3 Å². The maximum atomic E-state index is 12.8. The molecule has 1 aliphatic heterocycles. The van der Waals surface area contributed by atoms with Gasteiger partial charge >= 0.3 is 5.97 Å². The molecule has 6 nitrogen and oxygen atoms in total. The fraction of sp³-hybridized carbons (Fsp3) is 0.391. The number of aryl methyl sites for hydroxylation is 1. The Bertz CT molecular complexity index is 867.